The molecule has 0 spiro atoms. The summed E-state index contributed by atoms with van der Waals surface area (Å²) in [6.07, 6.45) is 2.38. The summed E-state index contributed by atoms with van der Waals surface area (Å²) >= 11 is 0. The van der Waals surface area contributed by atoms with Crippen LogP contribution in [0.25, 0.3) is 0 Å². The van der Waals surface area contributed by atoms with Gasteiger partial charge in [0.05, 0.1) is 6.04 Å². The van der Waals surface area contributed by atoms with Gasteiger partial charge < -0.3 is 5.32 Å². The van der Waals surface area contributed by atoms with Crippen molar-refractivity contribution in [3.8, 4) is 0 Å². The van der Waals surface area contributed by atoms with Gasteiger partial charge in [-0.3, -0.25) is 0 Å². The van der Waals surface area contributed by atoms with E-state index in [4.69, 9.17) is 0 Å². The molecule has 1 aliphatic carbocycles. The lowest BCUT2D eigenvalue weighted by Gasteiger charge is -2.38. The van der Waals surface area contributed by atoms with Crippen LogP contribution in [0.3, 0.4) is 0 Å². The smallest absolute Gasteiger partial charge is 0.191 e. The lowest BCUT2D eigenvalue weighted by atomic mass is 9.74. The van der Waals surface area contributed by atoms with Gasteiger partial charge in [-0.2, -0.15) is 5.21 Å². The normalized spacial score (nSPS) is 23.9. The number of tetrazole rings is 1. The van der Waals surface area contributed by atoms with Gasteiger partial charge in [0.1, 0.15) is 0 Å². The lowest BCUT2D eigenvalue weighted by Crippen LogP contribution is -2.41. The van der Waals surface area contributed by atoms with Crippen LogP contribution >= 0.6 is 0 Å². The standard InChI is InChI=1S/C14H19N5/c1-9-5-3-4-6-13(9)11-7-12(8-11)15-10(2)14-16-18-19-17-14/h3-6,10-12,15H,7-8H2,1-2H3,(H,16,17,18,19). The van der Waals surface area contributed by atoms with E-state index in [-0.39, 0.29) is 6.04 Å². The first-order valence-electron chi connectivity index (χ1n) is 6.79. The largest absolute Gasteiger partial charge is 0.305 e. The van der Waals surface area contributed by atoms with E-state index in [9.17, 15) is 0 Å². The van der Waals surface area contributed by atoms with E-state index in [2.05, 4.69) is 64.1 Å². The minimum atomic E-state index is 0.154. The van der Waals surface area contributed by atoms with Crippen LogP contribution < -0.4 is 5.32 Å². The van der Waals surface area contributed by atoms with Crippen molar-refractivity contribution >= 4 is 0 Å². The zero-order valence-electron chi connectivity index (χ0n) is 11.3. The molecule has 1 heterocycles. The molecule has 1 aliphatic rings. The predicted octanol–water partition coefficient (Wildman–Crippen LogP) is 2.10. The Morgan fingerprint density at radius 3 is 2.79 bits per heavy atom. The Morgan fingerprint density at radius 1 is 1.32 bits per heavy atom. The fourth-order valence-corrected chi connectivity index (χ4v) is 2.83. The summed E-state index contributed by atoms with van der Waals surface area (Å²) in [6, 6.07) is 9.38. The van der Waals surface area contributed by atoms with Gasteiger partial charge in [0.2, 0.25) is 0 Å². The molecule has 19 heavy (non-hydrogen) atoms. The van der Waals surface area contributed by atoms with Crippen LogP contribution in [-0.4, -0.2) is 26.7 Å². The van der Waals surface area contributed by atoms with Crippen molar-refractivity contribution in [2.75, 3.05) is 0 Å². The Hall–Kier alpha value is -1.75. The van der Waals surface area contributed by atoms with Crippen molar-refractivity contribution in [3.63, 3.8) is 0 Å². The van der Waals surface area contributed by atoms with Crippen LogP contribution in [0.4, 0.5) is 0 Å². The van der Waals surface area contributed by atoms with Crippen LogP contribution in [-0.2, 0) is 0 Å². The van der Waals surface area contributed by atoms with Crippen LogP contribution in [0.1, 0.15) is 48.7 Å². The molecule has 5 nitrogen and oxygen atoms in total. The second kappa shape index (κ2) is 5.09. The predicted molar refractivity (Wildman–Crippen MR) is 72.7 cm³/mol. The third-order valence-electron chi connectivity index (χ3n) is 4.00. The number of nitrogens with zero attached hydrogens (tertiary/aromatic N) is 3. The highest BCUT2D eigenvalue weighted by Gasteiger charge is 2.32. The fourth-order valence-electron chi connectivity index (χ4n) is 2.83. The number of benzene rings is 1. The van der Waals surface area contributed by atoms with Gasteiger partial charge in [0.25, 0.3) is 0 Å². The Labute approximate surface area is 112 Å². The highest BCUT2D eigenvalue weighted by Crippen LogP contribution is 2.38. The van der Waals surface area contributed by atoms with Crippen molar-refractivity contribution in [1.82, 2.24) is 25.9 Å². The Morgan fingerprint density at radius 2 is 2.11 bits per heavy atom. The minimum absolute atomic E-state index is 0.154. The number of aromatic amines is 1. The third kappa shape index (κ3) is 2.51. The van der Waals surface area contributed by atoms with Gasteiger partial charge in [-0.15, -0.1) is 10.2 Å². The van der Waals surface area contributed by atoms with Crippen molar-refractivity contribution < 1.29 is 0 Å². The molecule has 1 saturated carbocycles. The lowest BCUT2D eigenvalue weighted by molar-refractivity contribution is 0.267. The van der Waals surface area contributed by atoms with E-state index in [1.807, 2.05) is 0 Å². The van der Waals surface area contributed by atoms with E-state index >= 15 is 0 Å². The summed E-state index contributed by atoms with van der Waals surface area (Å²) in [5, 5.41) is 17.7. The number of hydrogen-bond acceptors (Lipinski definition) is 4. The highest BCUT2D eigenvalue weighted by atomic mass is 15.5. The maximum absolute atomic E-state index is 4.01. The zero-order chi connectivity index (χ0) is 13.2. The van der Waals surface area contributed by atoms with Gasteiger partial charge in [0, 0.05) is 6.04 Å². The van der Waals surface area contributed by atoms with Crippen LogP contribution in [0.5, 0.6) is 0 Å². The van der Waals surface area contributed by atoms with Crippen molar-refractivity contribution in [3.05, 3.63) is 41.2 Å². The van der Waals surface area contributed by atoms with E-state index in [1.54, 1.807) is 0 Å². The fraction of sp³-hybridized carbons (Fsp3) is 0.500. The summed E-state index contributed by atoms with van der Waals surface area (Å²) in [5.74, 6) is 1.43. The quantitative estimate of drug-likeness (QED) is 0.880. The molecule has 5 heteroatoms. The maximum Gasteiger partial charge on any atom is 0.191 e. The first kappa shape index (κ1) is 12.3. The minimum Gasteiger partial charge on any atom is -0.305 e. The van der Waals surface area contributed by atoms with Crippen LogP contribution in [0.15, 0.2) is 24.3 Å². The molecule has 0 radical (unpaired) electrons. The van der Waals surface area contributed by atoms with Crippen LogP contribution in [0.2, 0.25) is 0 Å². The monoisotopic (exact) mass is 257 g/mol. The van der Waals surface area contributed by atoms with Crippen molar-refractivity contribution in [1.29, 1.82) is 0 Å². The molecule has 0 amide bonds. The number of rotatable bonds is 4. The molecule has 0 aliphatic heterocycles. The average molecular weight is 257 g/mol. The molecule has 1 fully saturated rings. The first-order valence-corrected chi connectivity index (χ1v) is 6.79. The second-order valence-corrected chi connectivity index (χ2v) is 5.38. The topological polar surface area (TPSA) is 66.5 Å². The molecule has 3 rings (SSSR count). The van der Waals surface area contributed by atoms with E-state index < -0.39 is 0 Å². The molecular formula is C14H19N5. The summed E-state index contributed by atoms with van der Waals surface area (Å²) < 4.78 is 0. The molecule has 1 aromatic heterocycles. The highest BCUT2D eigenvalue weighted by molar-refractivity contribution is 5.31. The van der Waals surface area contributed by atoms with Gasteiger partial charge in [0.15, 0.2) is 5.82 Å². The molecule has 1 aromatic carbocycles. The van der Waals surface area contributed by atoms with Crippen molar-refractivity contribution in [2.24, 2.45) is 0 Å². The molecule has 0 saturated heterocycles. The summed E-state index contributed by atoms with van der Waals surface area (Å²) in [5.41, 5.74) is 2.89. The molecular weight excluding hydrogens is 238 g/mol. The van der Waals surface area contributed by atoms with Crippen LogP contribution in [0, 0.1) is 6.92 Å². The van der Waals surface area contributed by atoms with Gasteiger partial charge in [-0.1, -0.05) is 29.5 Å². The maximum atomic E-state index is 4.01. The molecule has 2 aromatic rings. The molecule has 0 bridgehead atoms. The molecule has 2 N–H and O–H groups in total. The number of nitrogens with one attached hydrogen (secondary N) is 2. The van der Waals surface area contributed by atoms with E-state index in [0.29, 0.717) is 12.0 Å². The molecule has 1 unspecified atom stereocenters. The zero-order valence-corrected chi connectivity index (χ0v) is 11.3. The van der Waals surface area contributed by atoms with E-state index in [0.717, 1.165) is 5.82 Å². The Balaban J connectivity index is 1.55. The summed E-state index contributed by atoms with van der Waals surface area (Å²) in [6.45, 7) is 4.27. The Bertz CT molecular complexity index is 531. The van der Waals surface area contributed by atoms with Crippen molar-refractivity contribution in [2.45, 2.75) is 44.7 Å². The number of H-pyrrole nitrogens is 1. The first-order chi connectivity index (χ1) is 9.24. The summed E-state index contributed by atoms with van der Waals surface area (Å²) in [4.78, 5) is 0. The summed E-state index contributed by atoms with van der Waals surface area (Å²) in [7, 11) is 0. The number of aryl methyl sites for hydroxylation is 1. The van der Waals surface area contributed by atoms with Gasteiger partial charge >= 0.3 is 0 Å². The Kier molecular flexibility index (Phi) is 3.29. The second-order valence-electron chi connectivity index (χ2n) is 5.38. The molecule has 1 atom stereocenters. The third-order valence-corrected chi connectivity index (χ3v) is 4.00. The number of aromatic nitrogens is 4. The van der Waals surface area contributed by atoms with Gasteiger partial charge in [-0.25, -0.2) is 0 Å². The van der Waals surface area contributed by atoms with Gasteiger partial charge in [-0.05, 0) is 43.7 Å². The van der Waals surface area contributed by atoms with E-state index in [1.165, 1.54) is 24.0 Å². The molecule has 100 valence electrons. The average Bonchev–Trinajstić information content (AvgIpc) is 2.88. The number of hydrogen-bond donors (Lipinski definition) is 2. The SMILES string of the molecule is Cc1ccccc1C1CC(NC(C)c2nn[nH]n2)C1.